The number of hydrogen-bond donors (Lipinski definition) is 0. The molecular weight excluding hydrogens is 474 g/mol. The maximum Gasteiger partial charge on any atom is 0.289 e. The van der Waals surface area contributed by atoms with Crippen molar-refractivity contribution in [2.24, 2.45) is 0 Å². The Bertz CT molecular complexity index is 1260. The van der Waals surface area contributed by atoms with Gasteiger partial charge in [0.2, 0.25) is 26.0 Å². The van der Waals surface area contributed by atoms with Crippen molar-refractivity contribution < 1.29 is 35.6 Å². The van der Waals surface area contributed by atoms with E-state index in [1.54, 1.807) is 19.1 Å². The highest BCUT2D eigenvalue weighted by atomic mass is 32.2. The second-order valence-corrected chi connectivity index (χ2v) is 11.3. The van der Waals surface area contributed by atoms with Gasteiger partial charge in [0, 0.05) is 32.6 Å². The summed E-state index contributed by atoms with van der Waals surface area (Å²) < 4.78 is 64.0. The topological polar surface area (TPSA) is 135 Å². The molecule has 1 aromatic carbocycles. The van der Waals surface area contributed by atoms with Crippen molar-refractivity contribution in [3.63, 3.8) is 0 Å². The van der Waals surface area contributed by atoms with Crippen LogP contribution in [0.3, 0.4) is 0 Å². The zero-order valence-electron chi connectivity index (χ0n) is 17.8. The fourth-order valence-electron chi connectivity index (χ4n) is 3.79. The number of nitrogens with zero attached hydrogens (tertiary/aromatic N) is 3. The van der Waals surface area contributed by atoms with E-state index < -0.39 is 26.0 Å². The molecule has 13 heteroatoms. The number of furan rings is 1. The van der Waals surface area contributed by atoms with Crippen LogP contribution in [0.4, 0.5) is 5.69 Å². The monoisotopic (exact) mass is 497 g/mol. The van der Waals surface area contributed by atoms with Gasteiger partial charge in [-0.25, -0.2) is 21.1 Å². The lowest BCUT2D eigenvalue weighted by atomic mass is 10.3. The Kier molecular flexibility index (Phi) is 6.20. The number of amides is 2. The zero-order valence-corrected chi connectivity index (χ0v) is 19.5. The van der Waals surface area contributed by atoms with E-state index in [4.69, 9.17) is 9.15 Å². The van der Waals surface area contributed by atoms with Gasteiger partial charge < -0.3 is 14.1 Å². The molecule has 0 aliphatic carbocycles. The molecule has 1 aromatic heterocycles. The first-order valence-corrected chi connectivity index (χ1v) is 13.4. The van der Waals surface area contributed by atoms with Gasteiger partial charge in [-0.3, -0.25) is 9.59 Å². The standard InChI is InChI=1S/C20H23N3O8S2/c1-2-30-16-6-5-15(23-19(24)7-13-32(23,26)27)14-18(16)33(28,29)22-10-8-21(9-11-22)20(25)17-4-3-12-31-17/h3-6,12,14H,2,7-11,13H2,1H3. The van der Waals surface area contributed by atoms with E-state index in [0.29, 0.717) is 4.31 Å². The van der Waals surface area contributed by atoms with Gasteiger partial charge in [0.15, 0.2) is 5.76 Å². The van der Waals surface area contributed by atoms with Crippen LogP contribution in [0, 0.1) is 0 Å². The molecule has 0 bridgehead atoms. The van der Waals surface area contributed by atoms with Gasteiger partial charge in [-0.05, 0) is 37.3 Å². The maximum atomic E-state index is 13.5. The molecule has 2 aliphatic rings. The number of piperazine rings is 1. The van der Waals surface area contributed by atoms with Crippen molar-refractivity contribution >= 4 is 37.5 Å². The molecule has 0 saturated carbocycles. The van der Waals surface area contributed by atoms with Crippen LogP contribution in [0.5, 0.6) is 5.75 Å². The summed E-state index contributed by atoms with van der Waals surface area (Å²) in [5, 5.41) is 0. The van der Waals surface area contributed by atoms with Crippen molar-refractivity contribution in [3.05, 3.63) is 42.4 Å². The Morgan fingerprint density at radius 2 is 1.88 bits per heavy atom. The fraction of sp³-hybridized carbons (Fsp3) is 0.400. The molecule has 2 aliphatic heterocycles. The smallest absolute Gasteiger partial charge is 0.289 e. The first-order chi connectivity index (χ1) is 15.6. The van der Waals surface area contributed by atoms with Crippen LogP contribution in [0.25, 0.3) is 0 Å². The van der Waals surface area contributed by atoms with E-state index >= 15 is 0 Å². The van der Waals surface area contributed by atoms with E-state index in [1.807, 2.05) is 0 Å². The molecule has 3 heterocycles. The lowest BCUT2D eigenvalue weighted by Gasteiger charge is -2.34. The summed E-state index contributed by atoms with van der Waals surface area (Å²) in [6, 6.07) is 7.00. The molecule has 33 heavy (non-hydrogen) atoms. The van der Waals surface area contributed by atoms with E-state index in [2.05, 4.69) is 0 Å². The Morgan fingerprint density at radius 1 is 1.15 bits per heavy atom. The number of rotatable bonds is 6. The fourth-order valence-corrected chi connectivity index (χ4v) is 6.82. The van der Waals surface area contributed by atoms with Crippen LogP contribution < -0.4 is 9.04 Å². The number of hydrogen-bond acceptors (Lipinski definition) is 8. The molecule has 2 fully saturated rings. The zero-order chi connectivity index (χ0) is 23.8. The molecule has 0 N–H and O–H groups in total. The average molecular weight is 498 g/mol. The minimum Gasteiger partial charge on any atom is -0.492 e. The van der Waals surface area contributed by atoms with Crippen LogP contribution in [0.2, 0.25) is 0 Å². The third-order valence-electron chi connectivity index (χ3n) is 5.42. The predicted octanol–water partition coefficient (Wildman–Crippen LogP) is 0.891. The second-order valence-electron chi connectivity index (χ2n) is 7.46. The third kappa shape index (κ3) is 4.35. The summed E-state index contributed by atoms with van der Waals surface area (Å²) in [7, 11) is -7.97. The van der Waals surface area contributed by atoms with Gasteiger partial charge in [0.25, 0.3) is 5.91 Å². The van der Waals surface area contributed by atoms with Crippen LogP contribution in [-0.2, 0) is 24.8 Å². The third-order valence-corrected chi connectivity index (χ3v) is 9.03. The second kappa shape index (κ2) is 8.80. The molecule has 0 atom stereocenters. The summed E-state index contributed by atoms with van der Waals surface area (Å²) >= 11 is 0. The van der Waals surface area contributed by atoms with Crippen molar-refractivity contribution in [2.45, 2.75) is 18.2 Å². The summed E-state index contributed by atoms with van der Waals surface area (Å²) in [6.45, 7) is 2.26. The van der Waals surface area contributed by atoms with Gasteiger partial charge in [-0.1, -0.05) is 0 Å². The molecule has 2 saturated heterocycles. The van der Waals surface area contributed by atoms with Gasteiger partial charge in [-0.2, -0.15) is 4.31 Å². The summed E-state index contributed by atoms with van der Waals surface area (Å²) in [5.74, 6) is -1.04. The van der Waals surface area contributed by atoms with E-state index in [0.717, 1.165) is 6.07 Å². The maximum absolute atomic E-state index is 13.5. The molecule has 0 unspecified atom stereocenters. The predicted molar refractivity (Wildman–Crippen MR) is 117 cm³/mol. The lowest BCUT2D eigenvalue weighted by molar-refractivity contribution is -0.116. The number of benzene rings is 1. The van der Waals surface area contributed by atoms with Gasteiger partial charge in [-0.15, -0.1) is 0 Å². The molecule has 4 rings (SSSR count). The molecule has 0 radical (unpaired) electrons. The van der Waals surface area contributed by atoms with Crippen LogP contribution in [0.15, 0.2) is 45.9 Å². The Labute approximate surface area is 191 Å². The summed E-state index contributed by atoms with van der Waals surface area (Å²) in [6.07, 6.45) is 1.23. The SMILES string of the molecule is CCOc1ccc(N2C(=O)CCS2(=O)=O)cc1S(=O)(=O)N1CCN(C(=O)c2ccco2)CC1. The number of anilines is 1. The summed E-state index contributed by atoms with van der Waals surface area (Å²) in [5.41, 5.74) is -0.0499. The number of carbonyl (C=O) groups is 2. The van der Waals surface area contributed by atoms with Crippen molar-refractivity contribution in [1.82, 2.24) is 9.21 Å². The first-order valence-electron chi connectivity index (χ1n) is 10.3. The quantitative estimate of drug-likeness (QED) is 0.574. The summed E-state index contributed by atoms with van der Waals surface area (Å²) in [4.78, 5) is 25.9. The largest absolute Gasteiger partial charge is 0.492 e. The average Bonchev–Trinajstić information content (AvgIpc) is 3.42. The molecule has 0 spiro atoms. The molecule has 178 valence electrons. The van der Waals surface area contributed by atoms with E-state index in [-0.39, 0.29) is 73.0 Å². The first kappa shape index (κ1) is 23.3. The van der Waals surface area contributed by atoms with Crippen LogP contribution in [-0.4, -0.2) is 76.4 Å². The van der Waals surface area contributed by atoms with E-state index in [9.17, 15) is 26.4 Å². The molecular formula is C20H23N3O8S2. The number of ether oxygens (including phenoxy) is 1. The molecule has 2 amide bonds. The number of sulfonamides is 2. The van der Waals surface area contributed by atoms with Crippen molar-refractivity contribution in [1.29, 1.82) is 0 Å². The van der Waals surface area contributed by atoms with Gasteiger partial charge >= 0.3 is 0 Å². The Hall–Kier alpha value is -2.90. The highest BCUT2D eigenvalue weighted by Crippen LogP contribution is 2.34. The minimum absolute atomic E-state index is 0.0333. The Balaban J connectivity index is 1.61. The molecule has 11 nitrogen and oxygen atoms in total. The normalized spacial score (nSPS) is 19.1. The van der Waals surface area contributed by atoms with Crippen molar-refractivity contribution in [2.75, 3.05) is 42.8 Å². The van der Waals surface area contributed by atoms with E-state index in [1.165, 1.54) is 27.6 Å². The molecule has 2 aromatic rings. The van der Waals surface area contributed by atoms with Gasteiger partial charge in [0.1, 0.15) is 10.6 Å². The highest BCUT2D eigenvalue weighted by molar-refractivity contribution is 7.94. The highest BCUT2D eigenvalue weighted by Gasteiger charge is 2.38. The van der Waals surface area contributed by atoms with Crippen molar-refractivity contribution in [3.8, 4) is 5.75 Å². The minimum atomic E-state index is -4.11. The van der Waals surface area contributed by atoms with Crippen LogP contribution >= 0.6 is 0 Å². The lowest BCUT2D eigenvalue weighted by Crippen LogP contribution is -2.50. The number of carbonyl (C=O) groups excluding carboxylic acids is 2. The van der Waals surface area contributed by atoms with Crippen LogP contribution in [0.1, 0.15) is 23.9 Å². The van der Waals surface area contributed by atoms with Gasteiger partial charge in [0.05, 0.1) is 24.3 Å². The Morgan fingerprint density at radius 3 is 2.45 bits per heavy atom.